The fourth-order valence-corrected chi connectivity index (χ4v) is 4.36. The number of β-amino-alcohol motifs (C(OH)–C–C–N with tert-alkyl or cyclic N) is 1. The van der Waals surface area contributed by atoms with E-state index in [-0.39, 0.29) is 27.4 Å². The van der Waals surface area contributed by atoms with Crippen LogP contribution >= 0.6 is 23.8 Å². The molecule has 1 aliphatic heterocycles. The second-order valence-electron chi connectivity index (χ2n) is 5.21. The molecule has 0 saturated carbocycles. The number of hydrogen-bond acceptors (Lipinski definition) is 4. The zero-order chi connectivity index (χ0) is 15.8. The smallest absolute Gasteiger partial charge is 0.244 e. The summed E-state index contributed by atoms with van der Waals surface area (Å²) in [6, 6.07) is 4.38. The van der Waals surface area contributed by atoms with Gasteiger partial charge < -0.3 is 10.8 Å². The zero-order valence-corrected chi connectivity index (χ0v) is 13.9. The number of halogens is 1. The van der Waals surface area contributed by atoms with Crippen molar-refractivity contribution in [2.75, 3.05) is 13.1 Å². The van der Waals surface area contributed by atoms with E-state index in [0.717, 1.165) is 0 Å². The predicted molar refractivity (Wildman–Crippen MR) is 85.9 cm³/mol. The Morgan fingerprint density at radius 1 is 1.52 bits per heavy atom. The van der Waals surface area contributed by atoms with E-state index in [2.05, 4.69) is 0 Å². The Hall–Kier alpha value is -0.730. The van der Waals surface area contributed by atoms with Gasteiger partial charge in [-0.3, -0.25) is 0 Å². The first-order valence-corrected chi connectivity index (χ1v) is 8.73. The molecule has 1 aliphatic rings. The molecule has 0 bridgehead atoms. The van der Waals surface area contributed by atoms with Gasteiger partial charge in [0.2, 0.25) is 10.0 Å². The van der Waals surface area contributed by atoms with Crippen molar-refractivity contribution in [2.24, 2.45) is 11.7 Å². The molecule has 1 aromatic rings. The van der Waals surface area contributed by atoms with E-state index < -0.39 is 16.1 Å². The van der Waals surface area contributed by atoms with Crippen LogP contribution in [-0.4, -0.2) is 42.0 Å². The summed E-state index contributed by atoms with van der Waals surface area (Å²) in [6.45, 7) is 2.35. The van der Waals surface area contributed by atoms with E-state index in [9.17, 15) is 13.5 Å². The van der Waals surface area contributed by atoms with Crippen LogP contribution in [-0.2, 0) is 10.0 Å². The highest BCUT2D eigenvalue weighted by molar-refractivity contribution is 7.89. The van der Waals surface area contributed by atoms with E-state index in [0.29, 0.717) is 18.5 Å². The molecule has 0 amide bonds. The van der Waals surface area contributed by atoms with E-state index in [1.807, 2.05) is 6.92 Å². The lowest BCUT2D eigenvalue weighted by Gasteiger charge is -2.33. The highest BCUT2D eigenvalue weighted by Crippen LogP contribution is 2.29. The Kier molecular flexibility index (Phi) is 4.89. The number of thiocarbonyl (C=S) groups is 1. The molecule has 3 N–H and O–H groups in total. The fraction of sp³-hybridized carbons (Fsp3) is 0.462. The van der Waals surface area contributed by atoms with Crippen LogP contribution in [0.5, 0.6) is 0 Å². The van der Waals surface area contributed by atoms with Crippen LogP contribution in [0, 0.1) is 5.92 Å². The maximum absolute atomic E-state index is 12.6. The van der Waals surface area contributed by atoms with Crippen molar-refractivity contribution in [3.63, 3.8) is 0 Å². The normalized spacial score (nSPS) is 24.0. The average Bonchev–Trinajstić information content (AvgIpc) is 2.41. The quantitative estimate of drug-likeness (QED) is 0.806. The Bertz CT molecular complexity index is 663. The van der Waals surface area contributed by atoms with Crippen molar-refractivity contribution in [3.8, 4) is 0 Å². The third-order valence-corrected chi connectivity index (χ3v) is 6.30. The number of piperidine rings is 1. The molecule has 2 unspecified atom stereocenters. The zero-order valence-electron chi connectivity index (χ0n) is 11.5. The minimum atomic E-state index is -3.73. The number of rotatable bonds is 3. The number of hydrogen-bond donors (Lipinski definition) is 2. The molecule has 0 aromatic heterocycles. The molecule has 1 saturated heterocycles. The molecule has 0 aliphatic carbocycles. The van der Waals surface area contributed by atoms with Gasteiger partial charge >= 0.3 is 0 Å². The molecule has 2 atom stereocenters. The molecule has 8 heteroatoms. The first kappa shape index (κ1) is 16.6. The van der Waals surface area contributed by atoms with Crippen molar-refractivity contribution in [1.82, 2.24) is 4.31 Å². The van der Waals surface area contributed by atoms with Crippen LogP contribution < -0.4 is 5.73 Å². The number of aliphatic hydroxyl groups excluding tert-OH is 1. The molecule has 1 fully saturated rings. The summed E-state index contributed by atoms with van der Waals surface area (Å²) in [5, 5.41) is 9.95. The third-order valence-electron chi connectivity index (χ3n) is 3.72. The van der Waals surface area contributed by atoms with Gasteiger partial charge in [0, 0.05) is 18.7 Å². The lowest BCUT2D eigenvalue weighted by Crippen LogP contribution is -2.45. The van der Waals surface area contributed by atoms with Gasteiger partial charge in [-0.2, -0.15) is 4.31 Å². The van der Waals surface area contributed by atoms with Crippen molar-refractivity contribution < 1.29 is 13.5 Å². The van der Waals surface area contributed by atoms with Crippen LogP contribution in [0.3, 0.4) is 0 Å². The summed E-state index contributed by atoms with van der Waals surface area (Å²) >= 11 is 10.9. The number of benzene rings is 1. The van der Waals surface area contributed by atoms with Gasteiger partial charge in [0.15, 0.2) is 0 Å². The van der Waals surface area contributed by atoms with Crippen molar-refractivity contribution in [1.29, 1.82) is 0 Å². The predicted octanol–water partition coefficient (Wildman–Crippen LogP) is 1.37. The number of nitrogens with zero attached hydrogens (tertiary/aromatic N) is 1. The molecule has 0 spiro atoms. The van der Waals surface area contributed by atoms with Gasteiger partial charge in [-0.05, 0) is 24.5 Å². The molecule has 1 heterocycles. The third kappa shape index (κ3) is 3.37. The SMILES string of the molecule is CC1CCN(S(=O)(=O)c2ccc(C(N)=S)cc2Cl)CC1O. The summed E-state index contributed by atoms with van der Waals surface area (Å²) in [4.78, 5) is 0.161. The van der Waals surface area contributed by atoms with Gasteiger partial charge in [0.1, 0.15) is 9.88 Å². The van der Waals surface area contributed by atoms with Crippen LogP contribution in [0.25, 0.3) is 0 Å². The lowest BCUT2D eigenvalue weighted by atomic mass is 9.98. The molecular formula is C13H17ClN2O3S2. The Balaban J connectivity index is 2.34. The average molecular weight is 349 g/mol. The maximum atomic E-state index is 12.6. The van der Waals surface area contributed by atoms with Crippen LogP contribution in [0.2, 0.25) is 5.02 Å². The molecule has 5 nitrogen and oxygen atoms in total. The second kappa shape index (κ2) is 6.18. The fourth-order valence-electron chi connectivity index (χ4n) is 2.24. The van der Waals surface area contributed by atoms with Crippen LogP contribution in [0.4, 0.5) is 0 Å². The number of aliphatic hydroxyl groups is 1. The van der Waals surface area contributed by atoms with Gasteiger partial charge in [-0.15, -0.1) is 0 Å². The van der Waals surface area contributed by atoms with Crippen molar-refractivity contribution in [2.45, 2.75) is 24.3 Å². The standard InChI is InChI=1S/C13H17ClN2O3S2/c1-8-4-5-16(7-11(8)17)21(18,19)12-3-2-9(13(15)20)6-10(12)14/h2-3,6,8,11,17H,4-5,7H2,1H3,(H2,15,20). The Morgan fingerprint density at radius 3 is 2.71 bits per heavy atom. The molecule has 116 valence electrons. The van der Waals surface area contributed by atoms with Gasteiger partial charge in [0.05, 0.1) is 11.1 Å². The first-order chi connectivity index (χ1) is 9.73. The van der Waals surface area contributed by atoms with E-state index in [1.54, 1.807) is 0 Å². The second-order valence-corrected chi connectivity index (χ2v) is 7.96. The maximum Gasteiger partial charge on any atom is 0.244 e. The van der Waals surface area contributed by atoms with Gasteiger partial charge in [-0.25, -0.2) is 8.42 Å². The molecule has 1 aromatic carbocycles. The van der Waals surface area contributed by atoms with E-state index >= 15 is 0 Å². The Labute approximate surface area is 134 Å². The lowest BCUT2D eigenvalue weighted by molar-refractivity contribution is 0.0605. The minimum Gasteiger partial charge on any atom is -0.391 e. The first-order valence-electron chi connectivity index (χ1n) is 6.51. The van der Waals surface area contributed by atoms with Crippen LogP contribution in [0.15, 0.2) is 23.1 Å². The van der Waals surface area contributed by atoms with E-state index in [4.69, 9.17) is 29.6 Å². The van der Waals surface area contributed by atoms with Crippen molar-refractivity contribution >= 4 is 38.8 Å². The molecule has 0 radical (unpaired) electrons. The van der Waals surface area contributed by atoms with Gasteiger partial charge in [-0.1, -0.05) is 36.8 Å². The minimum absolute atomic E-state index is 0.00548. The largest absolute Gasteiger partial charge is 0.391 e. The van der Waals surface area contributed by atoms with Crippen LogP contribution in [0.1, 0.15) is 18.9 Å². The number of sulfonamides is 1. The summed E-state index contributed by atoms with van der Waals surface area (Å²) in [6.07, 6.45) is -0.0496. The summed E-state index contributed by atoms with van der Waals surface area (Å²) < 4.78 is 26.5. The topological polar surface area (TPSA) is 83.6 Å². The molecular weight excluding hydrogens is 332 g/mol. The highest BCUT2D eigenvalue weighted by atomic mass is 35.5. The monoisotopic (exact) mass is 348 g/mol. The Morgan fingerprint density at radius 2 is 2.19 bits per heavy atom. The van der Waals surface area contributed by atoms with Gasteiger partial charge in [0.25, 0.3) is 0 Å². The summed E-state index contributed by atoms with van der Waals surface area (Å²) in [7, 11) is -3.73. The van der Waals surface area contributed by atoms with E-state index in [1.165, 1.54) is 22.5 Å². The molecule has 21 heavy (non-hydrogen) atoms. The molecule has 2 rings (SSSR count). The number of nitrogens with two attached hydrogens (primary N) is 1. The summed E-state index contributed by atoms with van der Waals surface area (Å²) in [5.74, 6) is 0.0870. The highest BCUT2D eigenvalue weighted by Gasteiger charge is 2.33. The summed E-state index contributed by atoms with van der Waals surface area (Å²) in [5.41, 5.74) is 6.01. The van der Waals surface area contributed by atoms with Crippen molar-refractivity contribution in [3.05, 3.63) is 28.8 Å².